The van der Waals surface area contributed by atoms with Crippen molar-refractivity contribution in [1.29, 1.82) is 0 Å². The van der Waals surface area contributed by atoms with E-state index >= 15 is 0 Å². The summed E-state index contributed by atoms with van der Waals surface area (Å²) in [7, 11) is 0. The van der Waals surface area contributed by atoms with Gasteiger partial charge in [0.25, 0.3) is 5.69 Å². The molecule has 8 nitrogen and oxygen atoms in total. The summed E-state index contributed by atoms with van der Waals surface area (Å²) in [5.41, 5.74) is 1.44. The second kappa shape index (κ2) is 7.39. The number of nitrogens with zero attached hydrogens (tertiary/aromatic N) is 2. The van der Waals surface area contributed by atoms with E-state index in [9.17, 15) is 19.7 Å². The molecule has 1 amide bonds. The average Bonchev–Trinajstić information content (AvgIpc) is 2.53. The number of carbonyl (C=O) groups excluding carboxylic acids is 1. The maximum atomic E-state index is 11.9. The summed E-state index contributed by atoms with van der Waals surface area (Å²) >= 11 is 0. The minimum absolute atomic E-state index is 0.0196. The molecule has 0 bridgehead atoms. The number of nitro benzene ring substituents is 1. The normalized spacial score (nSPS) is 14.3. The molecule has 0 saturated carbocycles. The standard InChI is InChI=1S/C15H16N2O6/c18-14(19)9-11-5-7-16(8-6-11)15(20)23-10-12-1-3-13(4-2-12)17(21)22/h1-4,9H,5-8,10H2,(H,18,19). The van der Waals surface area contributed by atoms with Crippen molar-refractivity contribution < 1.29 is 24.4 Å². The largest absolute Gasteiger partial charge is 0.478 e. The fourth-order valence-electron chi connectivity index (χ4n) is 2.25. The van der Waals surface area contributed by atoms with Gasteiger partial charge in [-0.1, -0.05) is 5.57 Å². The molecule has 2 rings (SSSR count). The number of carbonyl (C=O) groups is 2. The van der Waals surface area contributed by atoms with Gasteiger partial charge >= 0.3 is 12.1 Å². The molecule has 0 aliphatic carbocycles. The second-order valence-electron chi connectivity index (χ2n) is 5.11. The highest BCUT2D eigenvalue weighted by molar-refractivity contribution is 5.80. The lowest BCUT2D eigenvalue weighted by Gasteiger charge is -2.27. The Hall–Kier alpha value is -2.90. The van der Waals surface area contributed by atoms with Gasteiger partial charge in [0.05, 0.1) is 4.92 Å². The molecule has 1 aliphatic rings. The molecule has 8 heteroatoms. The number of amides is 1. The lowest BCUT2D eigenvalue weighted by atomic mass is 10.0. The minimum Gasteiger partial charge on any atom is -0.478 e. The van der Waals surface area contributed by atoms with Gasteiger partial charge in [-0.2, -0.15) is 0 Å². The predicted molar refractivity (Wildman–Crippen MR) is 79.8 cm³/mol. The lowest BCUT2D eigenvalue weighted by molar-refractivity contribution is -0.384. The highest BCUT2D eigenvalue weighted by Crippen LogP contribution is 2.17. The second-order valence-corrected chi connectivity index (χ2v) is 5.11. The van der Waals surface area contributed by atoms with Crippen LogP contribution in [0.2, 0.25) is 0 Å². The van der Waals surface area contributed by atoms with E-state index < -0.39 is 17.0 Å². The Morgan fingerprint density at radius 3 is 2.39 bits per heavy atom. The molecule has 122 valence electrons. The summed E-state index contributed by atoms with van der Waals surface area (Å²) in [5.74, 6) is -0.978. The van der Waals surface area contributed by atoms with Crippen LogP contribution in [0.3, 0.4) is 0 Å². The zero-order chi connectivity index (χ0) is 16.8. The molecular formula is C15H16N2O6. The molecule has 1 aromatic rings. The van der Waals surface area contributed by atoms with Crippen LogP contribution in [-0.2, 0) is 16.1 Å². The number of ether oxygens (including phenoxy) is 1. The van der Waals surface area contributed by atoms with Crippen LogP contribution in [-0.4, -0.2) is 40.1 Å². The van der Waals surface area contributed by atoms with Crippen molar-refractivity contribution in [3.8, 4) is 0 Å². The van der Waals surface area contributed by atoms with E-state index in [1.807, 2.05) is 0 Å². The van der Waals surface area contributed by atoms with Gasteiger partial charge in [0.2, 0.25) is 0 Å². The Balaban J connectivity index is 1.81. The van der Waals surface area contributed by atoms with Crippen molar-refractivity contribution in [3.63, 3.8) is 0 Å². The smallest absolute Gasteiger partial charge is 0.410 e. The summed E-state index contributed by atoms with van der Waals surface area (Å²) in [6, 6.07) is 5.78. The van der Waals surface area contributed by atoms with Crippen molar-refractivity contribution in [2.24, 2.45) is 0 Å². The van der Waals surface area contributed by atoms with Gasteiger partial charge < -0.3 is 14.7 Å². The molecule has 0 radical (unpaired) electrons. The monoisotopic (exact) mass is 320 g/mol. The van der Waals surface area contributed by atoms with E-state index in [0.717, 1.165) is 5.57 Å². The number of carboxylic acid groups (broad SMARTS) is 1. The third kappa shape index (κ3) is 4.80. The molecule has 1 saturated heterocycles. The first-order valence-corrected chi connectivity index (χ1v) is 7.03. The van der Waals surface area contributed by atoms with Crippen molar-refractivity contribution >= 4 is 17.7 Å². The van der Waals surface area contributed by atoms with Crippen LogP contribution < -0.4 is 0 Å². The van der Waals surface area contributed by atoms with Crippen LogP contribution in [0.5, 0.6) is 0 Å². The summed E-state index contributed by atoms with van der Waals surface area (Å²) in [4.78, 5) is 34.1. The first kappa shape index (κ1) is 16.5. The van der Waals surface area contributed by atoms with Gasteiger partial charge in [0, 0.05) is 31.3 Å². The quantitative estimate of drug-likeness (QED) is 0.518. The number of likely N-dealkylation sites (tertiary alicyclic amines) is 1. The Morgan fingerprint density at radius 2 is 1.87 bits per heavy atom. The van der Waals surface area contributed by atoms with Crippen LogP contribution in [0.25, 0.3) is 0 Å². The Morgan fingerprint density at radius 1 is 1.26 bits per heavy atom. The Bertz CT molecular complexity index is 628. The highest BCUT2D eigenvalue weighted by atomic mass is 16.6. The zero-order valence-electron chi connectivity index (χ0n) is 12.3. The molecule has 1 N–H and O–H groups in total. The van der Waals surface area contributed by atoms with Crippen molar-refractivity contribution in [1.82, 2.24) is 4.90 Å². The van der Waals surface area contributed by atoms with Gasteiger partial charge in [-0.15, -0.1) is 0 Å². The third-order valence-corrected chi connectivity index (χ3v) is 3.50. The van der Waals surface area contributed by atoms with E-state index in [2.05, 4.69) is 0 Å². The number of hydrogen-bond donors (Lipinski definition) is 1. The number of piperidine rings is 1. The van der Waals surface area contributed by atoms with Crippen LogP contribution in [0.15, 0.2) is 35.9 Å². The maximum absolute atomic E-state index is 11.9. The first-order chi connectivity index (χ1) is 11.0. The fraction of sp³-hybridized carbons (Fsp3) is 0.333. The number of benzene rings is 1. The summed E-state index contributed by atoms with van der Waals surface area (Å²) in [6.45, 7) is 0.863. The van der Waals surface area contributed by atoms with Gasteiger partial charge in [-0.25, -0.2) is 9.59 Å². The van der Waals surface area contributed by atoms with Gasteiger partial charge in [0.15, 0.2) is 0 Å². The number of nitro groups is 1. The number of non-ortho nitro benzene ring substituents is 1. The van der Waals surface area contributed by atoms with Crippen molar-refractivity contribution in [2.75, 3.05) is 13.1 Å². The van der Waals surface area contributed by atoms with E-state index in [4.69, 9.17) is 9.84 Å². The van der Waals surface area contributed by atoms with E-state index in [0.29, 0.717) is 31.5 Å². The van der Waals surface area contributed by atoms with E-state index in [-0.39, 0.29) is 12.3 Å². The van der Waals surface area contributed by atoms with Gasteiger partial charge in [0.1, 0.15) is 6.61 Å². The lowest BCUT2D eigenvalue weighted by Crippen LogP contribution is -2.36. The molecule has 1 aromatic carbocycles. The number of rotatable bonds is 4. The van der Waals surface area contributed by atoms with Gasteiger partial charge in [-0.05, 0) is 30.5 Å². The topological polar surface area (TPSA) is 110 Å². The molecule has 1 heterocycles. The highest BCUT2D eigenvalue weighted by Gasteiger charge is 2.20. The van der Waals surface area contributed by atoms with Crippen LogP contribution in [0.1, 0.15) is 18.4 Å². The maximum Gasteiger partial charge on any atom is 0.410 e. The minimum atomic E-state index is -0.978. The Labute approximate surface area is 132 Å². The molecule has 0 atom stereocenters. The van der Waals surface area contributed by atoms with Crippen LogP contribution in [0, 0.1) is 10.1 Å². The number of carboxylic acids is 1. The third-order valence-electron chi connectivity index (χ3n) is 3.50. The molecular weight excluding hydrogens is 304 g/mol. The molecule has 23 heavy (non-hydrogen) atoms. The van der Waals surface area contributed by atoms with Crippen LogP contribution >= 0.6 is 0 Å². The Kier molecular flexibility index (Phi) is 5.29. The number of hydrogen-bond acceptors (Lipinski definition) is 5. The predicted octanol–water partition coefficient (Wildman–Crippen LogP) is 2.34. The van der Waals surface area contributed by atoms with E-state index in [1.165, 1.54) is 35.2 Å². The van der Waals surface area contributed by atoms with Crippen molar-refractivity contribution in [3.05, 3.63) is 51.6 Å². The fourth-order valence-corrected chi connectivity index (χ4v) is 2.25. The summed E-state index contributed by atoms with van der Waals surface area (Å²) in [5, 5.41) is 19.2. The van der Waals surface area contributed by atoms with Crippen LogP contribution in [0.4, 0.5) is 10.5 Å². The first-order valence-electron chi connectivity index (χ1n) is 7.03. The molecule has 0 aromatic heterocycles. The van der Waals surface area contributed by atoms with E-state index in [1.54, 1.807) is 0 Å². The zero-order valence-corrected chi connectivity index (χ0v) is 12.3. The molecule has 1 aliphatic heterocycles. The molecule has 1 fully saturated rings. The summed E-state index contributed by atoms with van der Waals surface area (Å²) in [6.07, 6.45) is 1.73. The SMILES string of the molecule is O=C(O)C=C1CCN(C(=O)OCc2ccc([N+](=O)[O-])cc2)CC1. The van der Waals surface area contributed by atoms with Gasteiger partial charge in [-0.3, -0.25) is 10.1 Å². The molecule has 0 unspecified atom stereocenters. The van der Waals surface area contributed by atoms with Crippen molar-refractivity contribution in [2.45, 2.75) is 19.4 Å². The number of aliphatic carboxylic acids is 1. The summed E-state index contributed by atoms with van der Waals surface area (Å²) < 4.78 is 5.17. The average molecular weight is 320 g/mol. The molecule has 0 spiro atoms.